The van der Waals surface area contributed by atoms with E-state index in [1.54, 1.807) is 13.3 Å². The van der Waals surface area contributed by atoms with E-state index >= 15 is 0 Å². The van der Waals surface area contributed by atoms with E-state index in [1.807, 2.05) is 12.1 Å². The second-order valence-electron chi connectivity index (χ2n) is 5.16. The van der Waals surface area contributed by atoms with Crippen LogP contribution in [-0.2, 0) is 0 Å². The Bertz CT molecular complexity index is 381. The fourth-order valence-electron chi connectivity index (χ4n) is 3.19. The molecule has 0 aliphatic heterocycles. The monoisotopic (exact) mass is 249 g/mol. The molecule has 1 heterocycles. The Kier molecular flexibility index (Phi) is 4.59. The van der Waals surface area contributed by atoms with Crippen molar-refractivity contribution in [1.29, 1.82) is 0 Å². The van der Waals surface area contributed by atoms with E-state index in [0.29, 0.717) is 17.7 Å². The van der Waals surface area contributed by atoms with Crippen molar-refractivity contribution < 1.29 is 9.84 Å². The summed E-state index contributed by atoms with van der Waals surface area (Å²) in [5.74, 6) is 1.53. The Morgan fingerprint density at radius 1 is 1.44 bits per heavy atom. The van der Waals surface area contributed by atoms with Crippen LogP contribution in [0.2, 0.25) is 0 Å². The number of rotatable bonds is 4. The van der Waals surface area contributed by atoms with Gasteiger partial charge in [-0.1, -0.05) is 32.6 Å². The molecule has 0 saturated heterocycles. The summed E-state index contributed by atoms with van der Waals surface area (Å²) in [5.41, 5.74) is 0.838. The maximum atomic E-state index is 10.6. The highest BCUT2D eigenvalue weighted by molar-refractivity contribution is 5.28. The first-order valence-corrected chi connectivity index (χ1v) is 6.94. The minimum Gasteiger partial charge on any atom is -0.481 e. The van der Waals surface area contributed by atoms with Crippen LogP contribution < -0.4 is 4.74 Å². The summed E-state index contributed by atoms with van der Waals surface area (Å²) in [7, 11) is 1.61. The highest BCUT2D eigenvalue weighted by Gasteiger charge is 2.32. The summed E-state index contributed by atoms with van der Waals surface area (Å²) < 4.78 is 5.26. The molecule has 1 aliphatic rings. The highest BCUT2D eigenvalue weighted by Crippen LogP contribution is 2.41. The number of aromatic nitrogens is 1. The number of aliphatic hydroxyl groups excluding tert-OH is 1. The highest BCUT2D eigenvalue weighted by atomic mass is 16.5. The smallest absolute Gasteiger partial charge is 0.218 e. The van der Waals surface area contributed by atoms with Crippen LogP contribution in [0.25, 0.3) is 0 Å². The summed E-state index contributed by atoms with van der Waals surface area (Å²) in [4.78, 5) is 4.18. The molecule has 1 aromatic rings. The van der Waals surface area contributed by atoms with Gasteiger partial charge < -0.3 is 9.84 Å². The van der Waals surface area contributed by atoms with Gasteiger partial charge >= 0.3 is 0 Å². The van der Waals surface area contributed by atoms with Gasteiger partial charge in [-0.3, -0.25) is 0 Å². The fraction of sp³-hybridized carbons (Fsp3) is 0.667. The van der Waals surface area contributed by atoms with Crippen LogP contribution in [0.15, 0.2) is 18.3 Å². The summed E-state index contributed by atoms with van der Waals surface area (Å²) in [5, 5.41) is 10.6. The van der Waals surface area contributed by atoms with Crippen molar-refractivity contribution in [2.75, 3.05) is 7.11 Å². The van der Waals surface area contributed by atoms with Crippen LogP contribution in [0.4, 0.5) is 0 Å². The zero-order valence-electron chi connectivity index (χ0n) is 11.3. The molecule has 0 radical (unpaired) electrons. The molecule has 0 aromatic carbocycles. The van der Waals surface area contributed by atoms with Crippen LogP contribution in [0.5, 0.6) is 5.88 Å². The molecule has 1 N–H and O–H groups in total. The van der Waals surface area contributed by atoms with Gasteiger partial charge in [0.25, 0.3) is 0 Å². The minimum absolute atomic E-state index is 0.349. The number of methoxy groups -OCH3 is 1. The van der Waals surface area contributed by atoms with Gasteiger partial charge in [-0.05, 0) is 30.4 Å². The van der Waals surface area contributed by atoms with Crippen LogP contribution in [0, 0.1) is 11.8 Å². The lowest BCUT2D eigenvalue weighted by Crippen LogP contribution is -2.25. The molecule has 1 saturated carbocycles. The minimum atomic E-state index is -0.445. The normalized spacial score (nSPS) is 25.7. The lowest BCUT2D eigenvalue weighted by molar-refractivity contribution is 0.0431. The van der Waals surface area contributed by atoms with Crippen molar-refractivity contribution in [2.45, 2.75) is 45.1 Å². The quantitative estimate of drug-likeness (QED) is 0.890. The van der Waals surface area contributed by atoms with Crippen molar-refractivity contribution in [1.82, 2.24) is 4.98 Å². The summed E-state index contributed by atoms with van der Waals surface area (Å²) >= 11 is 0. The van der Waals surface area contributed by atoms with Crippen molar-refractivity contribution in [3.8, 4) is 5.88 Å². The van der Waals surface area contributed by atoms with Gasteiger partial charge in [0, 0.05) is 11.8 Å². The molecule has 0 amide bonds. The third-order valence-corrected chi connectivity index (χ3v) is 4.21. The second-order valence-corrected chi connectivity index (χ2v) is 5.16. The Balaban J connectivity index is 2.20. The lowest BCUT2D eigenvalue weighted by atomic mass is 9.73. The van der Waals surface area contributed by atoms with Crippen LogP contribution in [-0.4, -0.2) is 17.2 Å². The third kappa shape index (κ3) is 2.66. The Labute approximate surface area is 109 Å². The largest absolute Gasteiger partial charge is 0.481 e. The molecule has 1 aliphatic carbocycles. The number of aliphatic hydroxyl groups is 1. The Morgan fingerprint density at radius 3 is 2.94 bits per heavy atom. The van der Waals surface area contributed by atoms with E-state index in [0.717, 1.165) is 18.4 Å². The third-order valence-electron chi connectivity index (χ3n) is 4.21. The predicted octanol–water partition coefficient (Wildman–Crippen LogP) is 3.34. The molecule has 1 fully saturated rings. The Hall–Kier alpha value is -1.09. The topological polar surface area (TPSA) is 42.4 Å². The molecule has 3 nitrogen and oxygen atoms in total. The van der Waals surface area contributed by atoms with Gasteiger partial charge in [0.05, 0.1) is 13.2 Å². The van der Waals surface area contributed by atoms with E-state index in [1.165, 1.54) is 19.3 Å². The van der Waals surface area contributed by atoms with E-state index in [9.17, 15) is 5.11 Å². The number of hydrogen-bond donors (Lipinski definition) is 1. The first kappa shape index (κ1) is 13.3. The van der Waals surface area contributed by atoms with Crippen LogP contribution >= 0.6 is 0 Å². The molecular formula is C15H23NO2. The number of hydrogen-bond acceptors (Lipinski definition) is 3. The molecule has 1 aromatic heterocycles. The maximum Gasteiger partial charge on any atom is 0.218 e. The van der Waals surface area contributed by atoms with Crippen molar-refractivity contribution in [3.05, 3.63) is 23.9 Å². The molecular weight excluding hydrogens is 226 g/mol. The number of nitrogens with zero attached hydrogens (tertiary/aromatic N) is 1. The van der Waals surface area contributed by atoms with Gasteiger partial charge in [-0.15, -0.1) is 0 Å². The zero-order valence-corrected chi connectivity index (χ0v) is 11.3. The lowest BCUT2D eigenvalue weighted by Gasteiger charge is -2.34. The van der Waals surface area contributed by atoms with E-state index in [4.69, 9.17) is 4.74 Å². The summed E-state index contributed by atoms with van der Waals surface area (Å²) in [6, 6.07) is 3.79. The van der Waals surface area contributed by atoms with E-state index < -0.39 is 6.10 Å². The van der Waals surface area contributed by atoms with Gasteiger partial charge in [-0.2, -0.15) is 0 Å². The maximum absolute atomic E-state index is 10.6. The molecule has 2 rings (SSSR count). The molecule has 3 heteroatoms. The zero-order chi connectivity index (χ0) is 13.0. The van der Waals surface area contributed by atoms with Gasteiger partial charge in [0.1, 0.15) is 0 Å². The van der Waals surface area contributed by atoms with Crippen molar-refractivity contribution in [3.63, 3.8) is 0 Å². The second kappa shape index (κ2) is 6.19. The molecule has 18 heavy (non-hydrogen) atoms. The predicted molar refractivity (Wildman–Crippen MR) is 71.5 cm³/mol. The molecule has 0 spiro atoms. The fourth-order valence-corrected chi connectivity index (χ4v) is 3.19. The standard InChI is InChI=1S/C15H23NO2/c1-3-11-7-4-5-8-12(11)14(17)13-9-6-10-16-15(13)18-2/h6,9-12,14,17H,3-5,7-8H2,1-2H3. The van der Waals surface area contributed by atoms with Gasteiger partial charge in [-0.25, -0.2) is 4.98 Å². The van der Waals surface area contributed by atoms with Gasteiger partial charge in [0.15, 0.2) is 0 Å². The van der Waals surface area contributed by atoms with E-state index in [-0.39, 0.29) is 0 Å². The summed E-state index contributed by atoms with van der Waals surface area (Å²) in [6.45, 7) is 2.22. The summed E-state index contributed by atoms with van der Waals surface area (Å²) in [6.07, 6.45) is 7.27. The molecule has 3 atom stereocenters. The molecule has 100 valence electrons. The SMILES string of the molecule is CCC1CCCCC1C(O)c1cccnc1OC. The van der Waals surface area contributed by atoms with Crippen molar-refractivity contribution in [2.24, 2.45) is 11.8 Å². The average Bonchev–Trinajstić information content (AvgIpc) is 2.46. The first-order valence-electron chi connectivity index (χ1n) is 6.94. The number of pyridine rings is 1. The first-order chi connectivity index (χ1) is 8.77. The van der Waals surface area contributed by atoms with Crippen molar-refractivity contribution >= 4 is 0 Å². The molecule has 0 bridgehead atoms. The number of ether oxygens (including phenoxy) is 1. The average molecular weight is 249 g/mol. The Morgan fingerprint density at radius 2 is 2.22 bits per heavy atom. The van der Waals surface area contributed by atoms with E-state index in [2.05, 4.69) is 11.9 Å². The molecule has 3 unspecified atom stereocenters. The van der Waals surface area contributed by atoms with Crippen LogP contribution in [0.1, 0.15) is 50.7 Å². The van der Waals surface area contributed by atoms with Gasteiger partial charge in [0.2, 0.25) is 5.88 Å². The van der Waals surface area contributed by atoms with Crippen LogP contribution in [0.3, 0.4) is 0 Å².